The number of anilines is 2. The highest BCUT2D eigenvalue weighted by molar-refractivity contribution is 5.96. The van der Waals surface area contributed by atoms with Crippen LogP contribution in [0.1, 0.15) is 23.6 Å². The summed E-state index contributed by atoms with van der Waals surface area (Å²) in [5.41, 5.74) is 5.37. The molecule has 1 heterocycles. The minimum Gasteiger partial charge on any atom is -0.369 e. The van der Waals surface area contributed by atoms with Gasteiger partial charge in [0.2, 0.25) is 11.8 Å². The normalized spacial score (nSPS) is 15.5. The van der Waals surface area contributed by atoms with E-state index >= 15 is 0 Å². The Hall–Kier alpha value is -2.86. The van der Waals surface area contributed by atoms with Crippen LogP contribution in [0, 0.1) is 20.8 Å². The number of hydrogen-bond donors (Lipinski definition) is 2. The van der Waals surface area contributed by atoms with E-state index in [0.717, 1.165) is 43.0 Å². The van der Waals surface area contributed by atoms with Gasteiger partial charge in [-0.1, -0.05) is 36.4 Å². The van der Waals surface area contributed by atoms with E-state index in [2.05, 4.69) is 51.6 Å². The lowest BCUT2D eigenvalue weighted by atomic mass is 10.1. The first kappa shape index (κ1) is 21.8. The van der Waals surface area contributed by atoms with Gasteiger partial charge in [0.1, 0.15) is 0 Å². The molecule has 2 aromatic rings. The van der Waals surface area contributed by atoms with Crippen LogP contribution in [-0.2, 0) is 9.59 Å². The predicted molar refractivity (Wildman–Crippen MR) is 122 cm³/mol. The van der Waals surface area contributed by atoms with Crippen molar-refractivity contribution in [2.45, 2.75) is 33.7 Å². The van der Waals surface area contributed by atoms with Crippen molar-refractivity contribution in [2.24, 2.45) is 0 Å². The zero-order valence-corrected chi connectivity index (χ0v) is 18.4. The average molecular weight is 409 g/mol. The van der Waals surface area contributed by atoms with E-state index in [4.69, 9.17) is 0 Å². The van der Waals surface area contributed by atoms with E-state index in [1.807, 2.05) is 39.0 Å². The van der Waals surface area contributed by atoms with Crippen molar-refractivity contribution >= 4 is 23.2 Å². The molecule has 0 aliphatic carbocycles. The molecule has 6 heteroatoms. The first-order chi connectivity index (χ1) is 14.4. The zero-order chi connectivity index (χ0) is 21.7. The molecule has 0 aromatic heterocycles. The van der Waals surface area contributed by atoms with E-state index in [1.165, 1.54) is 11.3 Å². The Bertz CT molecular complexity index is 884. The lowest BCUT2D eigenvalue weighted by molar-refractivity contribution is -0.128. The summed E-state index contributed by atoms with van der Waals surface area (Å²) in [5, 5.41) is 5.69. The van der Waals surface area contributed by atoms with Crippen molar-refractivity contribution in [3.8, 4) is 0 Å². The summed E-state index contributed by atoms with van der Waals surface area (Å²) in [6.45, 7) is 11.3. The van der Waals surface area contributed by atoms with E-state index in [0.29, 0.717) is 0 Å². The van der Waals surface area contributed by atoms with Crippen LogP contribution in [0.5, 0.6) is 0 Å². The third-order valence-electron chi connectivity index (χ3n) is 5.87. The monoisotopic (exact) mass is 408 g/mol. The Kier molecular flexibility index (Phi) is 7.11. The van der Waals surface area contributed by atoms with Gasteiger partial charge in [-0.3, -0.25) is 14.5 Å². The predicted octanol–water partition coefficient (Wildman–Crippen LogP) is 2.88. The fourth-order valence-corrected chi connectivity index (χ4v) is 3.94. The molecular formula is C24H32N4O2. The van der Waals surface area contributed by atoms with Gasteiger partial charge in [0, 0.05) is 37.6 Å². The van der Waals surface area contributed by atoms with Gasteiger partial charge in [-0.25, -0.2) is 0 Å². The van der Waals surface area contributed by atoms with E-state index in [1.54, 1.807) is 0 Å². The molecular weight excluding hydrogens is 376 g/mol. The largest absolute Gasteiger partial charge is 0.369 e. The second kappa shape index (κ2) is 9.76. The number of aryl methyl sites for hydroxylation is 3. The number of carbonyl (C=O) groups excluding carboxylic acids is 2. The molecule has 6 nitrogen and oxygen atoms in total. The van der Waals surface area contributed by atoms with Crippen LogP contribution in [0.2, 0.25) is 0 Å². The molecule has 3 rings (SSSR count). The number of nitrogens with zero attached hydrogens (tertiary/aromatic N) is 2. The Labute approximate surface area is 179 Å². The van der Waals surface area contributed by atoms with Gasteiger partial charge in [-0.15, -0.1) is 0 Å². The molecule has 0 bridgehead atoms. The lowest BCUT2D eigenvalue weighted by Gasteiger charge is -2.39. The van der Waals surface area contributed by atoms with E-state index in [-0.39, 0.29) is 24.4 Å². The molecule has 2 N–H and O–H groups in total. The van der Waals surface area contributed by atoms with Crippen LogP contribution in [0.25, 0.3) is 0 Å². The van der Waals surface area contributed by atoms with Gasteiger partial charge in [-0.2, -0.15) is 0 Å². The molecule has 1 fully saturated rings. The smallest absolute Gasteiger partial charge is 0.243 e. The molecule has 1 saturated heterocycles. The fourth-order valence-electron chi connectivity index (χ4n) is 3.94. The van der Waals surface area contributed by atoms with Crippen LogP contribution in [0.4, 0.5) is 11.4 Å². The molecule has 160 valence electrons. The number of nitrogens with one attached hydrogen (secondary N) is 2. The van der Waals surface area contributed by atoms with E-state index < -0.39 is 0 Å². The Balaban J connectivity index is 1.47. The first-order valence-corrected chi connectivity index (χ1v) is 10.5. The molecule has 1 atom stereocenters. The number of hydrogen-bond acceptors (Lipinski definition) is 4. The third kappa shape index (κ3) is 5.19. The Morgan fingerprint density at radius 2 is 1.50 bits per heavy atom. The van der Waals surface area contributed by atoms with Gasteiger partial charge in [0.05, 0.1) is 12.6 Å². The van der Waals surface area contributed by atoms with E-state index in [9.17, 15) is 9.59 Å². The van der Waals surface area contributed by atoms with Crippen molar-refractivity contribution < 1.29 is 9.59 Å². The second-order valence-corrected chi connectivity index (χ2v) is 8.02. The molecule has 0 radical (unpaired) electrons. The first-order valence-electron chi connectivity index (χ1n) is 10.5. The van der Waals surface area contributed by atoms with Crippen molar-refractivity contribution in [1.82, 2.24) is 10.2 Å². The quantitative estimate of drug-likeness (QED) is 0.772. The van der Waals surface area contributed by atoms with Crippen LogP contribution < -0.4 is 15.5 Å². The van der Waals surface area contributed by atoms with Crippen molar-refractivity contribution in [3.05, 3.63) is 59.2 Å². The van der Waals surface area contributed by atoms with Gasteiger partial charge < -0.3 is 15.5 Å². The van der Waals surface area contributed by atoms with Gasteiger partial charge >= 0.3 is 0 Å². The summed E-state index contributed by atoms with van der Waals surface area (Å²) < 4.78 is 0. The molecule has 0 saturated carbocycles. The molecule has 0 unspecified atom stereocenters. The average Bonchev–Trinajstić information content (AvgIpc) is 2.75. The Morgan fingerprint density at radius 1 is 0.900 bits per heavy atom. The maximum atomic E-state index is 12.6. The highest BCUT2D eigenvalue weighted by atomic mass is 16.2. The standard InChI is InChI=1S/C24H32N4O2/c1-17-8-5-6-11-21(17)28-14-12-27(13-15-28)20(4)24(30)25-16-22(29)26-23-18(2)9-7-10-19(23)3/h5-11,20H,12-16H2,1-4H3,(H,25,30)(H,26,29)/t20-/m1/s1. The lowest BCUT2D eigenvalue weighted by Crippen LogP contribution is -2.54. The number of benzene rings is 2. The van der Waals surface area contributed by atoms with Gasteiger partial charge in [0.25, 0.3) is 0 Å². The summed E-state index contributed by atoms with van der Waals surface area (Å²) in [6, 6.07) is 14.0. The molecule has 2 aromatic carbocycles. The van der Waals surface area contributed by atoms with Crippen LogP contribution >= 0.6 is 0 Å². The minimum absolute atomic E-state index is 0.0277. The maximum absolute atomic E-state index is 12.6. The van der Waals surface area contributed by atoms with Crippen LogP contribution in [-0.4, -0.2) is 55.5 Å². The SMILES string of the molecule is Cc1ccccc1N1CCN([C@H](C)C(=O)NCC(=O)Nc2c(C)cccc2C)CC1. The molecule has 0 spiro atoms. The summed E-state index contributed by atoms with van der Waals surface area (Å²) in [6.07, 6.45) is 0. The summed E-state index contributed by atoms with van der Waals surface area (Å²) in [5.74, 6) is -0.326. The van der Waals surface area contributed by atoms with Crippen molar-refractivity contribution in [3.63, 3.8) is 0 Å². The fraction of sp³-hybridized carbons (Fsp3) is 0.417. The van der Waals surface area contributed by atoms with Crippen molar-refractivity contribution in [2.75, 3.05) is 42.9 Å². The Morgan fingerprint density at radius 3 is 2.13 bits per heavy atom. The summed E-state index contributed by atoms with van der Waals surface area (Å²) in [4.78, 5) is 29.4. The highest BCUT2D eigenvalue weighted by Gasteiger charge is 2.26. The summed E-state index contributed by atoms with van der Waals surface area (Å²) in [7, 11) is 0. The molecule has 1 aliphatic rings. The van der Waals surface area contributed by atoms with Gasteiger partial charge in [-0.05, 0) is 50.5 Å². The number of amides is 2. The third-order valence-corrected chi connectivity index (χ3v) is 5.87. The second-order valence-electron chi connectivity index (χ2n) is 8.02. The topological polar surface area (TPSA) is 64.7 Å². The van der Waals surface area contributed by atoms with Crippen LogP contribution in [0.3, 0.4) is 0 Å². The number of carbonyl (C=O) groups is 2. The number of para-hydroxylation sites is 2. The highest BCUT2D eigenvalue weighted by Crippen LogP contribution is 2.21. The molecule has 30 heavy (non-hydrogen) atoms. The maximum Gasteiger partial charge on any atom is 0.243 e. The molecule has 1 aliphatic heterocycles. The minimum atomic E-state index is -0.267. The van der Waals surface area contributed by atoms with Crippen molar-refractivity contribution in [1.29, 1.82) is 0 Å². The van der Waals surface area contributed by atoms with Crippen LogP contribution in [0.15, 0.2) is 42.5 Å². The summed E-state index contributed by atoms with van der Waals surface area (Å²) >= 11 is 0. The number of piperazine rings is 1. The number of rotatable bonds is 6. The van der Waals surface area contributed by atoms with Gasteiger partial charge in [0.15, 0.2) is 0 Å². The molecule has 2 amide bonds. The zero-order valence-electron chi connectivity index (χ0n) is 18.4.